The number of aryl methyl sites for hydroxylation is 3. The predicted molar refractivity (Wildman–Crippen MR) is 218 cm³/mol. The fourth-order valence-corrected chi connectivity index (χ4v) is 6.80. The van der Waals surface area contributed by atoms with E-state index in [9.17, 15) is 5.11 Å². The lowest BCUT2D eigenvalue weighted by atomic mass is 10.1. The van der Waals surface area contributed by atoms with Crippen LogP contribution in [0.5, 0.6) is 23.0 Å². The first-order chi connectivity index (χ1) is 25.8. The highest BCUT2D eigenvalue weighted by Crippen LogP contribution is 2.44. The lowest BCUT2D eigenvalue weighted by Gasteiger charge is -2.18. The van der Waals surface area contributed by atoms with Crippen molar-refractivity contribution >= 4 is 0 Å². The van der Waals surface area contributed by atoms with Crippen LogP contribution in [-0.2, 0) is 19.3 Å². The van der Waals surface area contributed by atoms with Gasteiger partial charge in [-0.3, -0.25) is 0 Å². The van der Waals surface area contributed by atoms with Gasteiger partial charge in [-0.05, 0) is 86.6 Å². The van der Waals surface area contributed by atoms with Crippen molar-refractivity contribution in [3.63, 3.8) is 0 Å². The Kier molecular flexibility index (Phi) is 21.0. The third-order valence-corrected chi connectivity index (χ3v) is 9.91. The lowest BCUT2D eigenvalue weighted by Crippen LogP contribution is -2.06. The minimum Gasteiger partial charge on any atom is -0.504 e. The first-order valence-corrected chi connectivity index (χ1v) is 20.7. The third-order valence-electron chi connectivity index (χ3n) is 9.91. The van der Waals surface area contributed by atoms with E-state index in [1.54, 1.807) is 6.07 Å². The van der Waals surface area contributed by atoms with Crippen LogP contribution < -0.4 is 14.2 Å². The molecule has 0 atom stereocenters. The van der Waals surface area contributed by atoms with E-state index in [2.05, 4.69) is 91.0 Å². The second-order valence-electron chi connectivity index (χ2n) is 14.4. The normalized spacial score (nSPS) is 11.1. The van der Waals surface area contributed by atoms with Crippen molar-refractivity contribution in [3.8, 4) is 23.0 Å². The Morgan fingerprint density at radius 2 is 0.635 bits per heavy atom. The monoisotopic (exact) mass is 706 g/mol. The SMILES string of the molecule is Oc1ccc(OCCCCCCCCc2ccccc2)c(OCCCCCCCCc2ccccc2)c1OCCCCCCCCc1ccccc1. The molecule has 4 rings (SSSR count). The number of aromatic hydroxyl groups is 1. The van der Waals surface area contributed by atoms with Gasteiger partial charge in [0.15, 0.2) is 11.5 Å². The Hall–Kier alpha value is -3.92. The van der Waals surface area contributed by atoms with Gasteiger partial charge in [-0.2, -0.15) is 0 Å². The van der Waals surface area contributed by atoms with Crippen LogP contribution in [0.1, 0.15) is 132 Å². The van der Waals surface area contributed by atoms with Crippen LogP contribution in [0.3, 0.4) is 0 Å². The maximum atomic E-state index is 10.8. The van der Waals surface area contributed by atoms with Gasteiger partial charge in [0.25, 0.3) is 0 Å². The first-order valence-electron chi connectivity index (χ1n) is 20.7. The number of hydrogen-bond donors (Lipinski definition) is 1. The summed E-state index contributed by atoms with van der Waals surface area (Å²) in [6.45, 7) is 1.79. The van der Waals surface area contributed by atoms with E-state index in [4.69, 9.17) is 14.2 Å². The number of hydrogen-bond acceptors (Lipinski definition) is 4. The highest BCUT2D eigenvalue weighted by atomic mass is 16.5. The summed E-state index contributed by atoms with van der Waals surface area (Å²) in [6.07, 6.45) is 24.8. The molecule has 1 N–H and O–H groups in total. The molecule has 0 bridgehead atoms. The van der Waals surface area contributed by atoms with Gasteiger partial charge in [-0.1, -0.05) is 168 Å². The number of rotatable bonds is 30. The molecule has 0 spiro atoms. The van der Waals surface area contributed by atoms with Crippen LogP contribution in [0.2, 0.25) is 0 Å². The van der Waals surface area contributed by atoms with Gasteiger partial charge >= 0.3 is 0 Å². The molecule has 0 aliphatic rings. The third kappa shape index (κ3) is 17.5. The molecule has 0 amide bonds. The molecule has 282 valence electrons. The van der Waals surface area contributed by atoms with E-state index in [0.29, 0.717) is 37.1 Å². The zero-order valence-electron chi connectivity index (χ0n) is 32.0. The summed E-state index contributed by atoms with van der Waals surface area (Å²) >= 11 is 0. The summed E-state index contributed by atoms with van der Waals surface area (Å²) in [7, 11) is 0. The topological polar surface area (TPSA) is 47.9 Å². The van der Waals surface area contributed by atoms with Crippen LogP contribution in [-0.4, -0.2) is 24.9 Å². The number of phenolic OH excluding ortho intramolecular Hbond substituents is 1. The Bertz CT molecular complexity index is 1420. The van der Waals surface area contributed by atoms with Crippen LogP contribution >= 0.6 is 0 Å². The van der Waals surface area contributed by atoms with Crippen molar-refractivity contribution in [2.45, 2.75) is 135 Å². The molecule has 52 heavy (non-hydrogen) atoms. The van der Waals surface area contributed by atoms with Crippen molar-refractivity contribution in [2.75, 3.05) is 19.8 Å². The molecule has 4 heteroatoms. The summed E-state index contributed by atoms with van der Waals surface area (Å²) in [6, 6.07) is 35.9. The van der Waals surface area contributed by atoms with E-state index in [-0.39, 0.29) is 5.75 Å². The smallest absolute Gasteiger partial charge is 0.207 e. The van der Waals surface area contributed by atoms with E-state index >= 15 is 0 Å². The standard InChI is InChI=1S/C48H66O4/c49-45-37-38-46(50-39-25-10-4-1-7-16-28-42-31-19-13-20-32-42)48(52-41-27-12-6-3-9-18-30-44-35-23-15-24-36-44)47(45)51-40-26-11-5-2-8-17-29-43-33-21-14-22-34-43/h13-15,19-24,31-38,49H,1-12,16-18,25-30,39-41H2. The molecule has 0 saturated carbocycles. The summed E-state index contributed by atoms with van der Waals surface area (Å²) in [5.74, 6) is 1.79. The fourth-order valence-electron chi connectivity index (χ4n) is 6.80. The minimum atomic E-state index is 0.122. The quantitative estimate of drug-likeness (QED) is 0.0548. The van der Waals surface area contributed by atoms with Crippen molar-refractivity contribution in [3.05, 3.63) is 120 Å². The maximum Gasteiger partial charge on any atom is 0.207 e. The zero-order chi connectivity index (χ0) is 36.2. The molecular formula is C48H66O4. The molecule has 0 heterocycles. The van der Waals surface area contributed by atoms with Crippen molar-refractivity contribution in [1.82, 2.24) is 0 Å². The summed E-state index contributed by atoms with van der Waals surface area (Å²) in [4.78, 5) is 0. The van der Waals surface area contributed by atoms with Gasteiger partial charge < -0.3 is 19.3 Å². The average Bonchev–Trinajstić information content (AvgIpc) is 3.18. The van der Waals surface area contributed by atoms with E-state index in [1.165, 1.54) is 100 Å². The molecule has 0 unspecified atom stereocenters. The van der Waals surface area contributed by atoms with Crippen LogP contribution in [0.4, 0.5) is 0 Å². The Balaban J connectivity index is 1.14. The maximum absolute atomic E-state index is 10.8. The van der Waals surface area contributed by atoms with Gasteiger partial charge in [0.2, 0.25) is 11.5 Å². The zero-order valence-corrected chi connectivity index (χ0v) is 32.0. The molecule has 0 aliphatic carbocycles. The molecule has 4 aromatic carbocycles. The predicted octanol–water partition coefficient (Wildman–Crippen LogP) is 13.3. The van der Waals surface area contributed by atoms with Gasteiger partial charge in [0.05, 0.1) is 19.8 Å². The molecule has 0 saturated heterocycles. The molecule has 4 aromatic rings. The Morgan fingerprint density at radius 3 is 1.04 bits per heavy atom. The molecule has 0 aliphatic heterocycles. The van der Waals surface area contributed by atoms with E-state index < -0.39 is 0 Å². The number of benzene rings is 4. The van der Waals surface area contributed by atoms with E-state index in [1.807, 2.05) is 6.07 Å². The van der Waals surface area contributed by atoms with Crippen molar-refractivity contribution in [2.24, 2.45) is 0 Å². The summed E-state index contributed by atoms with van der Waals surface area (Å²) < 4.78 is 18.8. The number of ether oxygens (including phenoxy) is 3. The average molecular weight is 707 g/mol. The van der Waals surface area contributed by atoms with Crippen molar-refractivity contribution in [1.29, 1.82) is 0 Å². The molecule has 0 fully saturated rings. The summed E-state index contributed by atoms with van der Waals surface area (Å²) in [5, 5.41) is 10.8. The first kappa shape index (κ1) is 40.8. The Labute approximate surface area is 315 Å². The largest absolute Gasteiger partial charge is 0.504 e. The van der Waals surface area contributed by atoms with Gasteiger partial charge in [-0.25, -0.2) is 0 Å². The molecular weight excluding hydrogens is 641 g/mol. The molecule has 0 aromatic heterocycles. The highest BCUT2D eigenvalue weighted by Gasteiger charge is 2.18. The highest BCUT2D eigenvalue weighted by molar-refractivity contribution is 5.58. The lowest BCUT2D eigenvalue weighted by molar-refractivity contribution is 0.228. The number of unbranched alkanes of at least 4 members (excludes halogenated alkanes) is 15. The number of phenols is 1. The Morgan fingerprint density at radius 1 is 0.308 bits per heavy atom. The van der Waals surface area contributed by atoms with Crippen LogP contribution in [0.25, 0.3) is 0 Å². The second kappa shape index (κ2) is 26.8. The molecule has 4 nitrogen and oxygen atoms in total. The van der Waals surface area contributed by atoms with Crippen LogP contribution in [0.15, 0.2) is 103 Å². The fraction of sp³-hybridized carbons (Fsp3) is 0.500. The summed E-state index contributed by atoms with van der Waals surface area (Å²) in [5.41, 5.74) is 4.30. The minimum absolute atomic E-state index is 0.122. The van der Waals surface area contributed by atoms with Crippen molar-refractivity contribution < 1.29 is 19.3 Å². The van der Waals surface area contributed by atoms with Gasteiger partial charge in [0.1, 0.15) is 0 Å². The van der Waals surface area contributed by atoms with Gasteiger partial charge in [0, 0.05) is 0 Å². The molecule has 0 radical (unpaired) electrons. The van der Waals surface area contributed by atoms with Crippen LogP contribution in [0, 0.1) is 0 Å². The second-order valence-corrected chi connectivity index (χ2v) is 14.4. The van der Waals surface area contributed by atoms with Gasteiger partial charge in [-0.15, -0.1) is 0 Å². The van der Waals surface area contributed by atoms with E-state index in [0.717, 1.165) is 51.4 Å².